The van der Waals surface area contributed by atoms with Crippen LogP contribution in [-0.4, -0.2) is 30.5 Å². The number of anilines is 2. The highest BCUT2D eigenvalue weighted by Gasteiger charge is 1.94. The Morgan fingerprint density at radius 2 is 2.06 bits per heavy atom. The molecule has 0 saturated carbocycles. The molecule has 1 heterocycles. The van der Waals surface area contributed by atoms with E-state index in [0.29, 0.717) is 5.13 Å². The first-order chi connectivity index (χ1) is 8.25. The Labute approximate surface area is 104 Å². The van der Waals surface area contributed by atoms with E-state index in [9.17, 15) is 0 Å². The van der Waals surface area contributed by atoms with Crippen molar-refractivity contribution in [2.75, 3.05) is 24.4 Å². The lowest BCUT2D eigenvalue weighted by molar-refractivity contribution is 1.08. The van der Waals surface area contributed by atoms with E-state index in [1.54, 1.807) is 11.7 Å². The zero-order valence-electron chi connectivity index (χ0n) is 9.66. The van der Waals surface area contributed by atoms with E-state index >= 15 is 0 Å². The Bertz CT molecular complexity index is 475. The van der Waals surface area contributed by atoms with Crippen molar-refractivity contribution in [3.8, 4) is 0 Å². The molecule has 0 aliphatic heterocycles. The van der Waals surface area contributed by atoms with Gasteiger partial charge in [-0.15, -0.1) is 10.2 Å². The average Bonchev–Trinajstić information content (AvgIpc) is 2.83. The normalized spacial score (nSPS) is 10.7. The summed E-state index contributed by atoms with van der Waals surface area (Å²) in [5.41, 5.74) is 6.67. The van der Waals surface area contributed by atoms with Gasteiger partial charge in [-0.1, -0.05) is 23.5 Å². The smallest absolute Gasteiger partial charge is 0.225 e. The third kappa shape index (κ3) is 3.25. The Hall–Kier alpha value is -1.95. The molecule has 6 heteroatoms. The number of hydrogen-bond acceptors (Lipinski definition) is 6. The highest BCUT2D eigenvalue weighted by atomic mass is 32.1. The van der Waals surface area contributed by atoms with Crippen LogP contribution in [0.5, 0.6) is 0 Å². The summed E-state index contributed by atoms with van der Waals surface area (Å²) < 4.78 is 0. The maximum absolute atomic E-state index is 4.08. The SMILES string of the molecule is CN(C)c1ccc(/C=N\Nc2nncs2)cc1. The van der Waals surface area contributed by atoms with Crippen molar-refractivity contribution < 1.29 is 0 Å². The van der Waals surface area contributed by atoms with Crippen LogP contribution in [0.15, 0.2) is 34.9 Å². The van der Waals surface area contributed by atoms with Gasteiger partial charge in [-0.05, 0) is 17.7 Å². The molecule has 0 atom stereocenters. The molecule has 1 N–H and O–H groups in total. The lowest BCUT2D eigenvalue weighted by Crippen LogP contribution is -2.08. The molecular formula is C11H13N5S. The van der Waals surface area contributed by atoms with Crippen molar-refractivity contribution in [3.05, 3.63) is 35.3 Å². The van der Waals surface area contributed by atoms with Crippen molar-refractivity contribution in [3.63, 3.8) is 0 Å². The summed E-state index contributed by atoms with van der Waals surface area (Å²) in [6, 6.07) is 8.12. The lowest BCUT2D eigenvalue weighted by Gasteiger charge is -2.11. The van der Waals surface area contributed by atoms with E-state index in [0.717, 1.165) is 5.56 Å². The van der Waals surface area contributed by atoms with Crippen LogP contribution in [0, 0.1) is 0 Å². The Balaban J connectivity index is 1.96. The molecule has 88 valence electrons. The van der Waals surface area contributed by atoms with Crippen LogP contribution in [0.4, 0.5) is 10.8 Å². The molecule has 5 nitrogen and oxygen atoms in total. The number of hydrogen-bond donors (Lipinski definition) is 1. The highest BCUT2D eigenvalue weighted by molar-refractivity contribution is 7.13. The van der Waals surface area contributed by atoms with Gasteiger partial charge in [-0.2, -0.15) is 5.10 Å². The molecule has 0 spiro atoms. The quantitative estimate of drug-likeness (QED) is 0.663. The second kappa shape index (κ2) is 5.40. The molecule has 0 bridgehead atoms. The summed E-state index contributed by atoms with van der Waals surface area (Å²) in [4.78, 5) is 2.06. The summed E-state index contributed by atoms with van der Waals surface area (Å²) in [7, 11) is 4.03. The maximum Gasteiger partial charge on any atom is 0.225 e. The van der Waals surface area contributed by atoms with Gasteiger partial charge in [0.2, 0.25) is 5.13 Å². The van der Waals surface area contributed by atoms with E-state index in [4.69, 9.17) is 0 Å². The number of rotatable bonds is 4. The maximum atomic E-state index is 4.08. The molecule has 17 heavy (non-hydrogen) atoms. The zero-order valence-corrected chi connectivity index (χ0v) is 10.5. The van der Waals surface area contributed by atoms with Gasteiger partial charge < -0.3 is 4.90 Å². The Morgan fingerprint density at radius 1 is 1.29 bits per heavy atom. The van der Waals surface area contributed by atoms with Crippen LogP contribution in [-0.2, 0) is 0 Å². The molecule has 0 saturated heterocycles. The second-order valence-corrected chi connectivity index (χ2v) is 4.43. The molecule has 2 rings (SSSR count). The highest BCUT2D eigenvalue weighted by Crippen LogP contribution is 2.11. The standard InChI is InChI=1S/C11H13N5S/c1-16(2)10-5-3-9(4-6-10)7-12-14-11-15-13-8-17-11/h3-8H,1-2H3,(H,14,15)/b12-7-. The van der Waals surface area contributed by atoms with E-state index in [2.05, 4.69) is 25.6 Å². The van der Waals surface area contributed by atoms with Gasteiger partial charge in [-0.3, -0.25) is 5.43 Å². The lowest BCUT2D eigenvalue weighted by atomic mass is 10.2. The molecule has 1 aromatic heterocycles. The van der Waals surface area contributed by atoms with Crippen molar-refractivity contribution >= 4 is 28.4 Å². The van der Waals surface area contributed by atoms with Gasteiger partial charge in [0.1, 0.15) is 5.51 Å². The van der Waals surface area contributed by atoms with E-state index in [-0.39, 0.29) is 0 Å². The molecule has 0 aliphatic rings. The summed E-state index contributed by atoms with van der Waals surface area (Å²) >= 11 is 1.41. The van der Waals surface area contributed by atoms with Gasteiger partial charge >= 0.3 is 0 Å². The monoisotopic (exact) mass is 247 g/mol. The Morgan fingerprint density at radius 3 is 2.65 bits per heavy atom. The van der Waals surface area contributed by atoms with Gasteiger partial charge in [0, 0.05) is 19.8 Å². The van der Waals surface area contributed by atoms with Crippen molar-refractivity contribution in [2.24, 2.45) is 5.10 Å². The summed E-state index contributed by atoms with van der Waals surface area (Å²) in [5, 5.41) is 12.3. The molecule has 0 unspecified atom stereocenters. The minimum Gasteiger partial charge on any atom is -0.378 e. The predicted molar refractivity (Wildman–Crippen MR) is 71.9 cm³/mol. The first-order valence-corrected chi connectivity index (χ1v) is 5.96. The first-order valence-electron chi connectivity index (χ1n) is 5.08. The fraction of sp³-hybridized carbons (Fsp3) is 0.182. The Kier molecular flexibility index (Phi) is 3.66. The molecule has 0 fully saturated rings. The van der Waals surface area contributed by atoms with Crippen LogP contribution >= 0.6 is 11.3 Å². The number of hydrazone groups is 1. The molecule has 1 aromatic carbocycles. The summed E-state index contributed by atoms with van der Waals surface area (Å²) in [6.07, 6.45) is 1.75. The van der Waals surface area contributed by atoms with Gasteiger partial charge in [0.05, 0.1) is 6.21 Å². The van der Waals surface area contributed by atoms with Crippen LogP contribution in [0.25, 0.3) is 0 Å². The van der Waals surface area contributed by atoms with E-state index in [1.165, 1.54) is 17.0 Å². The largest absolute Gasteiger partial charge is 0.378 e. The zero-order chi connectivity index (χ0) is 12.1. The van der Waals surface area contributed by atoms with Crippen LogP contribution in [0.1, 0.15) is 5.56 Å². The minimum atomic E-state index is 0.686. The predicted octanol–water partition coefficient (Wildman–Crippen LogP) is 2.05. The second-order valence-electron chi connectivity index (χ2n) is 3.60. The topological polar surface area (TPSA) is 53.4 Å². The number of benzene rings is 1. The third-order valence-corrected chi connectivity index (χ3v) is 2.74. The van der Waals surface area contributed by atoms with Gasteiger partial charge in [-0.25, -0.2) is 0 Å². The fourth-order valence-electron chi connectivity index (χ4n) is 1.24. The molecule has 0 radical (unpaired) electrons. The van der Waals surface area contributed by atoms with Gasteiger partial charge in [0.25, 0.3) is 0 Å². The summed E-state index contributed by atoms with van der Waals surface area (Å²) in [6.45, 7) is 0. The van der Waals surface area contributed by atoms with Crippen LogP contribution in [0.3, 0.4) is 0 Å². The van der Waals surface area contributed by atoms with E-state index in [1.807, 2.05) is 38.4 Å². The third-order valence-electron chi connectivity index (χ3n) is 2.14. The molecular weight excluding hydrogens is 234 g/mol. The molecule has 0 aliphatic carbocycles. The minimum absolute atomic E-state index is 0.686. The molecule has 2 aromatic rings. The van der Waals surface area contributed by atoms with Gasteiger partial charge in [0.15, 0.2) is 0 Å². The van der Waals surface area contributed by atoms with Crippen molar-refractivity contribution in [1.82, 2.24) is 10.2 Å². The summed E-state index contributed by atoms with van der Waals surface area (Å²) in [5.74, 6) is 0. The van der Waals surface area contributed by atoms with Crippen LogP contribution < -0.4 is 10.3 Å². The number of aromatic nitrogens is 2. The number of nitrogens with zero attached hydrogens (tertiary/aromatic N) is 4. The van der Waals surface area contributed by atoms with E-state index < -0.39 is 0 Å². The first kappa shape index (κ1) is 11.5. The van der Waals surface area contributed by atoms with Crippen LogP contribution in [0.2, 0.25) is 0 Å². The average molecular weight is 247 g/mol. The van der Waals surface area contributed by atoms with Crippen molar-refractivity contribution in [1.29, 1.82) is 0 Å². The number of nitrogens with one attached hydrogen (secondary N) is 1. The van der Waals surface area contributed by atoms with Crippen molar-refractivity contribution in [2.45, 2.75) is 0 Å². The fourth-order valence-corrected chi connectivity index (χ4v) is 1.64. The molecule has 0 amide bonds.